The van der Waals surface area contributed by atoms with E-state index in [1.54, 1.807) is 0 Å². The molecule has 0 aliphatic rings. The molecular weight excluding hydrogens is 1580 g/mol. The maximum atomic E-state index is 8.50. The van der Waals surface area contributed by atoms with Crippen molar-refractivity contribution in [2.45, 2.75) is 0 Å². The molecule has 0 fully saturated rings. The van der Waals surface area contributed by atoms with Crippen LogP contribution in [0, 0.1) is 0 Å². The zero-order chi connectivity index (χ0) is 4.71. The Balaban J connectivity index is -0.000000000394. The van der Waals surface area contributed by atoms with E-state index in [0.29, 0.717) is 0 Å². The Morgan fingerprint density at radius 2 is 0.526 bits per heavy atom. The van der Waals surface area contributed by atoms with Gasteiger partial charge in [-0.1, -0.05) is 0 Å². The molecule has 0 radical (unpaired) electrons. The predicted molar refractivity (Wildman–Crippen MR) is 6.67 cm³/mol. The Morgan fingerprint density at radius 1 is 0.526 bits per heavy atom. The van der Waals surface area contributed by atoms with Crippen LogP contribution in [0.15, 0.2) is 0 Å². The van der Waals surface area contributed by atoms with Crippen molar-refractivity contribution in [3.63, 3.8) is 0 Å². The molecule has 0 heterocycles. The summed E-state index contributed by atoms with van der Waals surface area (Å²) in [6, 6.07) is 0. The summed E-state index contributed by atoms with van der Waals surface area (Å²) in [5.74, 6) is 0. The molecule has 19 heavy (non-hydrogen) atoms. The van der Waals surface area contributed by atoms with Gasteiger partial charge < -0.3 is 6.15 Å². The Hall–Kier alpha value is 10.7. The Bertz CT molecular complexity index is 28.7. The average Bonchev–Trinajstić information content (AvgIpc) is 1.46. The van der Waals surface area contributed by atoms with E-state index >= 15 is 0 Å². The Morgan fingerprint density at radius 3 is 0.526 bits per heavy atom. The van der Waals surface area contributed by atoms with E-state index in [0.717, 1.165) is 0 Å². The third-order valence-electron chi connectivity index (χ3n) is 0. The standard InChI is InChI=1S/16Mo.H3N.2O/h;;;;;;;;;;;;;;;;1H3;;/q;;;;;;;;;;;;;;;;;;-1/p+1. The second kappa shape index (κ2) is 161. The van der Waals surface area contributed by atoms with Crippen molar-refractivity contribution in [2.75, 3.05) is 0 Å². The summed E-state index contributed by atoms with van der Waals surface area (Å²) in [6.45, 7) is 0. The van der Waals surface area contributed by atoms with Gasteiger partial charge in [0.15, 0.2) is 0 Å². The van der Waals surface area contributed by atoms with Gasteiger partial charge in [0.2, 0.25) is 0 Å². The fraction of sp³-hybridized carbons (Fsp3) is 0. The third kappa shape index (κ3) is 178. The van der Waals surface area contributed by atoms with Crippen LogP contribution in [0.1, 0.15) is 0 Å². The molecule has 0 unspecified atom stereocenters. The monoisotopic (exact) mass is 1620 g/mol. The molecule has 0 aromatic heterocycles. The van der Waals surface area contributed by atoms with Gasteiger partial charge in [-0.2, -0.15) is 0 Å². The summed E-state index contributed by atoms with van der Waals surface area (Å²) in [7, 11) is 0. The fourth-order valence-corrected chi connectivity index (χ4v) is 0. The molecule has 0 spiro atoms. The molecule has 0 aliphatic carbocycles. The molecule has 0 saturated carbocycles. The summed E-state index contributed by atoms with van der Waals surface area (Å²) < 4.78 is 17.0. The zero-order valence-electron chi connectivity index (χ0n) is 8.35. The second-order valence-electron chi connectivity index (χ2n) is 0.0680. The van der Waals surface area contributed by atoms with Crippen LogP contribution >= 0.6 is 0 Å². The maximum absolute atomic E-state index is 8.50. The van der Waals surface area contributed by atoms with Gasteiger partial charge in [-0.05, 0) is 0 Å². The minimum absolute atomic E-state index is 0. The Labute approximate surface area is 329 Å². The molecule has 0 aliphatic heterocycles. The van der Waals surface area contributed by atoms with Crippen LogP contribution < -0.4 is 9.91 Å². The molecule has 117 valence electrons. The Kier molecular flexibility index (Phi) is 1100. The van der Waals surface area contributed by atoms with Gasteiger partial charge in [0.1, 0.15) is 0 Å². The van der Waals surface area contributed by atoms with Gasteiger partial charge in [-0.25, -0.2) is 0 Å². The van der Waals surface area contributed by atoms with Gasteiger partial charge in [-0.3, -0.25) is 0 Å². The minimum atomic E-state index is -2.03. The first-order valence-electron chi connectivity index (χ1n) is 0.500. The van der Waals surface area contributed by atoms with Gasteiger partial charge in [0.25, 0.3) is 0 Å². The molecule has 4 N–H and O–H groups in total. The van der Waals surface area contributed by atoms with Crippen LogP contribution in [0.3, 0.4) is 0 Å². The van der Waals surface area contributed by atoms with Crippen LogP contribution in [0.4, 0.5) is 0 Å². The van der Waals surface area contributed by atoms with E-state index < -0.39 is 18.9 Å². The molecule has 3 nitrogen and oxygen atoms in total. The van der Waals surface area contributed by atoms with E-state index in [1.165, 1.54) is 0 Å². The van der Waals surface area contributed by atoms with Gasteiger partial charge >= 0.3 is 58.5 Å². The average molecular weight is 1590 g/mol. The number of hydrogen-bond acceptors (Lipinski definition) is 2. The van der Waals surface area contributed by atoms with Crippen LogP contribution in [0.5, 0.6) is 0 Å². The molecule has 0 aromatic rings. The van der Waals surface area contributed by atoms with E-state index in [-0.39, 0.29) is 280 Å². The van der Waals surface area contributed by atoms with Crippen molar-refractivity contribution in [1.82, 2.24) is 6.15 Å². The summed E-state index contributed by atoms with van der Waals surface area (Å²) in [6.07, 6.45) is 0. The summed E-state index contributed by atoms with van der Waals surface area (Å²) in [5.41, 5.74) is 0. The molecule has 0 atom stereocenters. The van der Waals surface area contributed by atoms with E-state index in [9.17, 15) is 0 Å². The molecule has 0 saturated heterocycles. The predicted octanol–water partition coefficient (Wildman–Crippen LogP) is -0.972. The molecule has 0 amide bonds. The van der Waals surface area contributed by atoms with Gasteiger partial charge in [0.05, 0.1) is 0 Å². The van der Waals surface area contributed by atoms with Crippen LogP contribution in [0.25, 0.3) is 0 Å². The molecule has 0 bridgehead atoms. The number of rotatable bonds is 0. The first-order chi connectivity index (χ1) is 2.41. The normalized spacial score (nSPS) is 0.895. The van der Waals surface area contributed by atoms with Crippen LogP contribution in [-0.2, 0) is 329 Å². The van der Waals surface area contributed by atoms with Gasteiger partial charge in [-0.15, -0.1) is 0 Å². The van der Waals surface area contributed by atoms with Crippen LogP contribution in [-0.4, -0.2) is 0 Å². The van der Waals surface area contributed by atoms with Crippen LogP contribution in [0.2, 0.25) is 0 Å². The van der Waals surface area contributed by atoms with Crippen molar-refractivity contribution >= 4 is 0 Å². The van der Waals surface area contributed by atoms with E-state index in [2.05, 4.69) is 0 Å². The van der Waals surface area contributed by atoms with Crippen molar-refractivity contribution in [2.24, 2.45) is 0 Å². The van der Waals surface area contributed by atoms with Crippen molar-refractivity contribution in [1.29, 1.82) is 0 Å². The SMILES string of the molecule is [Mo].[Mo].[Mo].[Mo].[Mo].[Mo].[Mo].[Mo].[Mo].[Mo].[Mo].[Mo].[Mo].[Mo]=[Mo].[NH4+].[O]=[Mo][O-]. The first kappa shape index (κ1) is 130. The summed E-state index contributed by atoms with van der Waals surface area (Å²) in [4.78, 5) is 0. The summed E-state index contributed by atoms with van der Waals surface area (Å²) >= 11 is 1.89. The quantitative estimate of drug-likeness (QED) is 0.318. The van der Waals surface area contributed by atoms with E-state index in [1.807, 2.05) is 32.4 Å². The number of hydrogen-bond donors (Lipinski definition) is 1. The third-order valence-corrected chi connectivity index (χ3v) is 0. The fourth-order valence-electron chi connectivity index (χ4n) is 0. The molecule has 0 aromatic carbocycles. The van der Waals surface area contributed by atoms with E-state index in [4.69, 9.17) is 7.16 Å². The second-order valence-corrected chi connectivity index (χ2v) is 0.403. The zero-order valence-corrected chi connectivity index (χ0v) is 40.5. The summed E-state index contributed by atoms with van der Waals surface area (Å²) in [5, 5.41) is 0. The molecule has 19 heteroatoms. The van der Waals surface area contributed by atoms with Crippen molar-refractivity contribution in [3.8, 4) is 0 Å². The van der Waals surface area contributed by atoms with Crippen molar-refractivity contribution < 1.29 is 332 Å². The first-order valence-corrected chi connectivity index (χ1v) is 7.81. The number of quaternary nitrogens is 1. The molecular formula is H4Mo16NO2. The van der Waals surface area contributed by atoms with Crippen molar-refractivity contribution in [3.05, 3.63) is 0 Å². The molecule has 0 rings (SSSR count). The topological polar surface area (TPSA) is 76.6 Å². The van der Waals surface area contributed by atoms with Gasteiger partial charge in [0, 0.05) is 274 Å².